The zero-order chi connectivity index (χ0) is 17.5. The van der Waals surface area contributed by atoms with Crippen LogP contribution < -0.4 is 15.2 Å². The first-order valence-corrected chi connectivity index (χ1v) is 10.2. The number of aryl methyl sites for hydroxylation is 1. The SMILES string of the molecule is CCc1ccc(S(=O)(=O)NC2CC(C)(C)Oc3ccc(N)cc32)s1. The number of fused-ring (bicyclic) bond motifs is 1. The minimum atomic E-state index is -3.58. The van der Waals surface area contributed by atoms with Crippen molar-refractivity contribution in [2.24, 2.45) is 0 Å². The molecule has 1 aliphatic heterocycles. The average molecular weight is 367 g/mol. The third kappa shape index (κ3) is 3.43. The van der Waals surface area contributed by atoms with Crippen LogP contribution >= 0.6 is 11.3 Å². The Kier molecular flexibility index (Phi) is 4.36. The fourth-order valence-electron chi connectivity index (χ4n) is 2.92. The molecule has 3 rings (SSSR count). The van der Waals surface area contributed by atoms with Gasteiger partial charge in [0.05, 0.1) is 6.04 Å². The van der Waals surface area contributed by atoms with Crippen LogP contribution in [-0.2, 0) is 16.4 Å². The Morgan fingerprint density at radius 3 is 2.75 bits per heavy atom. The molecular formula is C17H22N2O3S2. The summed E-state index contributed by atoms with van der Waals surface area (Å²) in [5.74, 6) is 0.675. The Bertz CT molecular complexity index is 856. The standard InChI is InChI=1S/C17H22N2O3S2/c1-4-12-6-8-16(23-12)24(20,21)19-14-10-17(2,3)22-15-7-5-11(18)9-13(14)15/h5-9,14,19H,4,10,18H2,1-3H3. The molecule has 0 saturated heterocycles. The summed E-state index contributed by atoms with van der Waals surface area (Å²) in [5, 5.41) is 0. The molecule has 1 unspecified atom stereocenters. The molecule has 0 amide bonds. The van der Waals surface area contributed by atoms with E-state index < -0.39 is 15.6 Å². The largest absolute Gasteiger partial charge is 0.487 e. The van der Waals surface area contributed by atoms with Gasteiger partial charge in [0.1, 0.15) is 15.6 Å². The van der Waals surface area contributed by atoms with Gasteiger partial charge in [-0.05, 0) is 50.6 Å². The van der Waals surface area contributed by atoms with E-state index in [9.17, 15) is 8.42 Å². The van der Waals surface area contributed by atoms with Gasteiger partial charge in [-0.2, -0.15) is 0 Å². The molecule has 24 heavy (non-hydrogen) atoms. The number of nitrogen functional groups attached to an aromatic ring is 1. The fourth-order valence-corrected chi connectivity index (χ4v) is 5.44. The maximum absolute atomic E-state index is 12.8. The van der Waals surface area contributed by atoms with Crippen LogP contribution in [0.15, 0.2) is 34.5 Å². The number of sulfonamides is 1. The van der Waals surface area contributed by atoms with Crippen LogP contribution in [0.4, 0.5) is 5.69 Å². The molecule has 0 fully saturated rings. The maximum Gasteiger partial charge on any atom is 0.250 e. The molecule has 1 aliphatic rings. The third-order valence-electron chi connectivity index (χ3n) is 4.04. The molecule has 130 valence electrons. The lowest BCUT2D eigenvalue weighted by Gasteiger charge is -2.37. The Labute approximate surface area is 146 Å². The number of hydrogen-bond donors (Lipinski definition) is 2. The first-order chi connectivity index (χ1) is 11.2. The van der Waals surface area contributed by atoms with Crippen molar-refractivity contribution in [3.05, 3.63) is 40.8 Å². The van der Waals surface area contributed by atoms with Gasteiger partial charge in [-0.1, -0.05) is 6.92 Å². The molecule has 1 aromatic carbocycles. The Morgan fingerprint density at radius 1 is 1.33 bits per heavy atom. The van der Waals surface area contributed by atoms with E-state index in [0.29, 0.717) is 22.1 Å². The summed E-state index contributed by atoms with van der Waals surface area (Å²) in [6, 6.07) is 8.50. The van der Waals surface area contributed by atoms with Crippen molar-refractivity contribution in [1.82, 2.24) is 4.72 Å². The van der Waals surface area contributed by atoms with E-state index in [1.54, 1.807) is 24.3 Å². The summed E-state index contributed by atoms with van der Waals surface area (Å²) in [7, 11) is -3.58. The maximum atomic E-state index is 12.8. The monoisotopic (exact) mass is 366 g/mol. The molecule has 0 bridgehead atoms. The molecule has 1 atom stereocenters. The van der Waals surface area contributed by atoms with E-state index in [-0.39, 0.29) is 6.04 Å². The molecule has 0 spiro atoms. The van der Waals surface area contributed by atoms with Crippen molar-refractivity contribution in [3.63, 3.8) is 0 Å². The lowest BCUT2D eigenvalue weighted by molar-refractivity contribution is 0.0702. The van der Waals surface area contributed by atoms with Gasteiger partial charge in [0.25, 0.3) is 10.0 Å². The number of benzene rings is 1. The smallest absolute Gasteiger partial charge is 0.250 e. The molecule has 0 saturated carbocycles. The predicted molar refractivity (Wildman–Crippen MR) is 96.9 cm³/mol. The molecule has 7 heteroatoms. The zero-order valence-electron chi connectivity index (χ0n) is 14.0. The number of ether oxygens (including phenoxy) is 1. The van der Waals surface area contributed by atoms with Crippen molar-refractivity contribution in [2.75, 3.05) is 5.73 Å². The van der Waals surface area contributed by atoms with Gasteiger partial charge in [-0.3, -0.25) is 0 Å². The number of nitrogens with two attached hydrogens (primary N) is 1. The Balaban J connectivity index is 1.95. The lowest BCUT2D eigenvalue weighted by atomic mass is 9.90. The summed E-state index contributed by atoms with van der Waals surface area (Å²) in [6.07, 6.45) is 1.36. The number of rotatable bonds is 4. The van der Waals surface area contributed by atoms with Crippen LogP contribution in [0.5, 0.6) is 5.75 Å². The van der Waals surface area contributed by atoms with Crippen molar-refractivity contribution in [2.45, 2.75) is 49.5 Å². The van der Waals surface area contributed by atoms with Crippen LogP contribution in [0.1, 0.15) is 43.7 Å². The summed E-state index contributed by atoms with van der Waals surface area (Å²) in [4.78, 5) is 1.05. The highest BCUT2D eigenvalue weighted by molar-refractivity contribution is 7.91. The normalized spacial score (nSPS) is 19.5. The van der Waals surface area contributed by atoms with Gasteiger partial charge in [-0.15, -0.1) is 11.3 Å². The van der Waals surface area contributed by atoms with Gasteiger partial charge in [-0.25, -0.2) is 13.1 Å². The number of hydrogen-bond acceptors (Lipinski definition) is 5. The van der Waals surface area contributed by atoms with Gasteiger partial charge in [0, 0.05) is 22.5 Å². The highest BCUT2D eigenvalue weighted by Crippen LogP contribution is 2.41. The highest BCUT2D eigenvalue weighted by atomic mass is 32.2. The molecule has 2 heterocycles. The lowest BCUT2D eigenvalue weighted by Crippen LogP contribution is -2.41. The second-order valence-corrected chi connectivity index (χ2v) is 9.72. The van der Waals surface area contributed by atoms with Crippen LogP contribution in [0, 0.1) is 0 Å². The van der Waals surface area contributed by atoms with Crippen LogP contribution in [0.2, 0.25) is 0 Å². The minimum absolute atomic E-state index is 0.342. The Hall–Kier alpha value is -1.57. The summed E-state index contributed by atoms with van der Waals surface area (Å²) in [6.45, 7) is 5.91. The second-order valence-electron chi connectivity index (χ2n) is 6.61. The topological polar surface area (TPSA) is 81.4 Å². The van der Waals surface area contributed by atoms with E-state index in [1.807, 2.05) is 26.8 Å². The molecule has 0 aliphatic carbocycles. The number of nitrogens with one attached hydrogen (secondary N) is 1. The highest BCUT2D eigenvalue weighted by Gasteiger charge is 2.36. The van der Waals surface area contributed by atoms with Gasteiger partial charge >= 0.3 is 0 Å². The molecular weight excluding hydrogens is 344 g/mol. The first-order valence-electron chi connectivity index (χ1n) is 7.90. The fraction of sp³-hybridized carbons (Fsp3) is 0.412. The number of anilines is 1. The van der Waals surface area contributed by atoms with Crippen molar-refractivity contribution < 1.29 is 13.2 Å². The van der Waals surface area contributed by atoms with Crippen molar-refractivity contribution in [1.29, 1.82) is 0 Å². The minimum Gasteiger partial charge on any atom is -0.487 e. The molecule has 0 radical (unpaired) electrons. The van der Waals surface area contributed by atoms with Crippen LogP contribution in [-0.4, -0.2) is 14.0 Å². The van der Waals surface area contributed by atoms with Gasteiger partial charge < -0.3 is 10.5 Å². The summed E-state index contributed by atoms with van der Waals surface area (Å²) in [5.41, 5.74) is 6.79. The van der Waals surface area contributed by atoms with E-state index in [2.05, 4.69) is 4.72 Å². The Morgan fingerprint density at radius 2 is 2.08 bits per heavy atom. The average Bonchev–Trinajstić information content (AvgIpc) is 2.97. The quantitative estimate of drug-likeness (QED) is 0.812. The van der Waals surface area contributed by atoms with E-state index >= 15 is 0 Å². The zero-order valence-corrected chi connectivity index (χ0v) is 15.6. The number of thiophene rings is 1. The molecule has 3 N–H and O–H groups in total. The molecule has 2 aromatic rings. The van der Waals surface area contributed by atoms with E-state index in [4.69, 9.17) is 10.5 Å². The summed E-state index contributed by atoms with van der Waals surface area (Å²) >= 11 is 1.31. The van der Waals surface area contributed by atoms with Crippen LogP contribution in [0.25, 0.3) is 0 Å². The van der Waals surface area contributed by atoms with E-state index in [1.165, 1.54) is 11.3 Å². The summed E-state index contributed by atoms with van der Waals surface area (Å²) < 4.78 is 34.7. The van der Waals surface area contributed by atoms with Crippen molar-refractivity contribution >= 4 is 27.0 Å². The van der Waals surface area contributed by atoms with Crippen LogP contribution in [0.3, 0.4) is 0 Å². The first kappa shape index (κ1) is 17.3. The second kappa shape index (κ2) is 6.06. The van der Waals surface area contributed by atoms with E-state index in [0.717, 1.165) is 16.9 Å². The van der Waals surface area contributed by atoms with Crippen molar-refractivity contribution in [3.8, 4) is 5.75 Å². The predicted octanol–water partition coefficient (Wildman–Crippen LogP) is 3.47. The van der Waals surface area contributed by atoms with Gasteiger partial charge in [0.15, 0.2) is 0 Å². The van der Waals surface area contributed by atoms with Gasteiger partial charge in [0.2, 0.25) is 0 Å². The third-order valence-corrected chi connectivity index (χ3v) is 7.23. The molecule has 1 aromatic heterocycles. The molecule has 5 nitrogen and oxygen atoms in total.